The molecular formula is C13H24N4O. The maximum atomic E-state index is 5.96. The molecule has 0 spiro atoms. The minimum atomic E-state index is 0.239. The molecule has 1 aromatic rings. The molecule has 0 aliphatic heterocycles. The van der Waals surface area contributed by atoms with Gasteiger partial charge in [-0.2, -0.15) is 0 Å². The second-order valence-corrected chi connectivity index (χ2v) is 4.99. The number of methoxy groups -OCH3 is 1. The minimum absolute atomic E-state index is 0.239. The maximum Gasteiger partial charge on any atom is 0.137 e. The van der Waals surface area contributed by atoms with Crippen molar-refractivity contribution in [3.63, 3.8) is 0 Å². The van der Waals surface area contributed by atoms with E-state index in [1.165, 1.54) is 0 Å². The highest BCUT2D eigenvalue weighted by atomic mass is 16.5. The molecule has 0 aliphatic carbocycles. The molecule has 1 heterocycles. The predicted molar refractivity (Wildman–Crippen MR) is 75.0 cm³/mol. The van der Waals surface area contributed by atoms with Crippen LogP contribution in [0.5, 0.6) is 0 Å². The molecule has 2 N–H and O–H groups in total. The first-order valence-corrected chi connectivity index (χ1v) is 6.24. The fourth-order valence-corrected chi connectivity index (χ4v) is 1.70. The van der Waals surface area contributed by atoms with E-state index in [0.717, 1.165) is 17.2 Å². The van der Waals surface area contributed by atoms with E-state index >= 15 is 0 Å². The van der Waals surface area contributed by atoms with Crippen LogP contribution in [0.2, 0.25) is 0 Å². The van der Waals surface area contributed by atoms with Crippen molar-refractivity contribution in [2.75, 3.05) is 31.4 Å². The highest BCUT2D eigenvalue weighted by Gasteiger charge is 2.17. The van der Waals surface area contributed by atoms with Gasteiger partial charge in [0, 0.05) is 25.6 Å². The van der Waals surface area contributed by atoms with E-state index in [0.29, 0.717) is 12.4 Å². The minimum Gasteiger partial charge on any atom is -0.383 e. The molecule has 1 unspecified atom stereocenters. The number of anilines is 2. The summed E-state index contributed by atoms with van der Waals surface area (Å²) in [4.78, 5) is 11.0. The lowest BCUT2D eigenvalue weighted by Crippen LogP contribution is -2.34. The molecule has 1 aromatic heterocycles. The summed E-state index contributed by atoms with van der Waals surface area (Å²) < 4.78 is 5.18. The number of nitrogens with zero attached hydrogens (tertiary/aromatic N) is 3. The number of aromatic nitrogens is 2. The van der Waals surface area contributed by atoms with Gasteiger partial charge in [-0.05, 0) is 13.8 Å². The van der Waals surface area contributed by atoms with Gasteiger partial charge in [0.25, 0.3) is 0 Å². The van der Waals surface area contributed by atoms with Crippen molar-refractivity contribution in [3.05, 3.63) is 11.4 Å². The molecule has 5 heteroatoms. The standard InChI is InChI=1S/C13H24N4O/c1-8(2)12-15-11(14)10(4)13(16-12)17(5)9(3)7-18-6/h8-9H,7H2,1-6H3,(H2,14,15,16). The first kappa shape index (κ1) is 14.7. The van der Waals surface area contributed by atoms with Crippen molar-refractivity contribution in [2.24, 2.45) is 0 Å². The zero-order valence-corrected chi connectivity index (χ0v) is 12.2. The van der Waals surface area contributed by atoms with Crippen LogP contribution in [0.15, 0.2) is 0 Å². The van der Waals surface area contributed by atoms with Crippen LogP contribution < -0.4 is 10.6 Å². The van der Waals surface area contributed by atoms with Gasteiger partial charge in [-0.15, -0.1) is 0 Å². The fourth-order valence-electron chi connectivity index (χ4n) is 1.70. The third-order valence-electron chi connectivity index (χ3n) is 3.09. The summed E-state index contributed by atoms with van der Waals surface area (Å²) in [6, 6.07) is 0.239. The van der Waals surface area contributed by atoms with Gasteiger partial charge in [0.15, 0.2) is 0 Å². The molecule has 0 saturated carbocycles. The quantitative estimate of drug-likeness (QED) is 0.868. The lowest BCUT2D eigenvalue weighted by molar-refractivity contribution is 0.183. The van der Waals surface area contributed by atoms with Crippen LogP contribution in [0.25, 0.3) is 0 Å². The number of likely N-dealkylation sites (N-methyl/N-ethyl adjacent to an activating group) is 1. The molecule has 0 radical (unpaired) electrons. The lowest BCUT2D eigenvalue weighted by Gasteiger charge is -2.27. The van der Waals surface area contributed by atoms with E-state index in [1.807, 2.05) is 14.0 Å². The molecule has 5 nitrogen and oxygen atoms in total. The smallest absolute Gasteiger partial charge is 0.137 e. The second-order valence-electron chi connectivity index (χ2n) is 4.99. The van der Waals surface area contributed by atoms with E-state index < -0.39 is 0 Å². The Morgan fingerprint density at radius 2 is 1.89 bits per heavy atom. The van der Waals surface area contributed by atoms with Crippen LogP contribution >= 0.6 is 0 Å². The number of nitrogen functional groups attached to an aromatic ring is 1. The van der Waals surface area contributed by atoms with Gasteiger partial charge in [-0.25, -0.2) is 9.97 Å². The summed E-state index contributed by atoms with van der Waals surface area (Å²) in [5.74, 6) is 2.48. The average Bonchev–Trinajstić information content (AvgIpc) is 2.31. The van der Waals surface area contributed by atoms with E-state index in [2.05, 4.69) is 35.6 Å². The Morgan fingerprint density at radius 3 is 2.39 bits per heavy atom. The number of ether oxygens (including phenoxy) is 1. The van der Waals surface area contributed by atoms with E-state index in [1.54, 1.807) is 7.11 Å². The fraction of sp³-hybridized carbons (Fsp3) is 0.692. The normalized spacial score (nSPS) is 12.8. The summed E-state index contributed by atoms with van der Waals surface area (Å²) in [7, 11) is 3.70. The molecule has 0 bridgehead atoms. The molecule has 0 fully saturated rings. The zero-order valence-electron chi connectivity index (χ0n) is 12.2. The Hall–Kier alpha value is -1.36. The Bertz CT molecular complexity index is 406. The van der Waals surface area contributed by atoms with Crippen molar-refractivity contribution < 1.29 is 4.74 Å². The predicted octanol–water partition coefficient (Wildman–Crippen LogP) is 1.96. The monoisotopic (exact) mass is 252 g/mol. The number of hydrogen-bond donors (Lipinski definition) is 1. The van der Waals surface area contributed by atoms with E-state index in [-0.39, 0.29) is 12.0 Å². The molecule has 0 aliphatic rings. The Balaban J connectivity index is 3.14. The van der Waals surface area contributed by atoms with Crippen molar-refractivity contribution in [3.8, 4) is 0 Å². The van der Waals surface area contributed by atoms with E-state index in [9.17, 15) is 0 Å². The van der Waals surface area contributed by atoms with Crippen LogP contribution in [0.4, 0.5) is 11.6 Å². The van der Waals surface area contributed by atoms with Crippen LogP contribution in [0.1, 0.15) is 38.1 Å². The second kappa shape index (κ2) is 6.00. The van der Waals surface area contributed by atoms with E-state index in [4.69, 9.17) is 10.5 Å². The molecule has 0 aromatic carbocycles. The van der Waals surface area contributed by atoms with Gasteiger partial charge < -0.3 is 15.4 Å². The Morgan fingerprint density at radius 1 is 1.28 bits per heavy atom. The van der Waals surface area contributed by atoms with Crippen molar-refractivity contribution in [2.45, 2.75) is 39.7 Å². The Labute approximate surface area is 109 Å². The van der Waals surface area contributed by atoms with Crippen molar-refractivity contribution in [1.29, 1.82) is 0 Å². The van der Waals surface area contributed by atoms with Crippen LogP contribution in [-0.2, 0) is 4.74 Å². The Kier molecular flexibility index (Phi) is 4.90. The zero-order chi connectivity index (χ0) is 13.9. The third kappa shape index (κ3) is 3.10. The van der Waals surface area contributed by atoms with Crippen molar-refractivity contribution in [1.82, 2.24) is 9.97 Å². The van der Waals surface area contributed by atoms with Crippen LogP contribution in [-0.4, -0.2) is 36.8 Å². The summed E-state index contributed by atoms with van der Waals surface area (Å²) in [5.41, 5.74) is 6.88. The summed E-state index contributed by atoms with van der Waals surface area (Å²) in [5, 5.41) is 0. The molecule has 1 rings (SSSR count). The molecule has 102 valence electrons. The number of hydrogen-bond acceptors (Lipinski definition) is 5. The maximum absolute atomic E-state index is 5.96. The summed E-state index contributed by atoms with van der Waals surface area (Å²) in [6.45, 7) is 8.82. The van der Waals surface area contributed by atoms with Gasteiger partial charge >= 0.3 is 0 Å². The average molecular weight is 252 g/mol. The molecule has 0 amide bonds. The first-order chi connectivity index (χ1) is 8.38. The molecule has 1 atom stereocenters. The van der Waals surface area contributed by atoms with Gasteiger partial charge in [0.05, 0.1) is 12.6 Å². The van der Waals surface area contributed by atoms with Gasteiger partial charge in [0.2, 0.25) is 0 Å². The molecule has 18 heavy (non-hydrogen) atoms. The highest BCUT2D eigenvalue weighted by Crippen LogP contribution is 2.24. The molecule has 0 saturated heterocycles. The van der Waals surface area contributed by atoms with Gasteiger partial charge in [0.1, 0.15) is 17.5 Å². The van der Waals surface area contributed by atoms with Crippen molar-refractivity contribution >= 4 is 11.6 Å². The van der Waals surface area contributed by atoms with Crippen LogP contribution in [0, 0.1) is 6.92 Å². The number of rotatable bonds is 5. The first-order valence-electron chi connectivity index (χ1n) is 6.24. The SMILES string of the molecule is COCC(C)N(C)c1nc(C(C)C)nc(N)c1C. The third-order valence-corrected chi connectivity index (χ3v) is 3.09. The number of nitrogens with two attached hydrogens (primary N) is 1. The topological polar surface area (TPSA) is 64.3 Å². The molecular weight excluding hydrogens is 228 g/mol. The summed E-state index contributed by atoms with van der Waals surface area (Å²) in [6.07, 6.45) is 0. The van der Waals surface area contributed by atoms with Gasteiger partial charge in [-0.1, -0.05) is 13.8 Å². The van der Waals surface area contributed by atoms with Crippen LogP contribution in [0.3, 0.4) is 0 Å². The lowest BCUT2D eigenvalue weighted by atomic mass is 10.2. The highest BCUT2D eigenvalue weighted by molar-refractivity contribution is 5.56. The largest absolute Gasteiger partial charge is 0.383 e. The van der Waals surface area contributed by atoms with Gasteiger partial charge in [-0.3, -0.25) is 0 Å². The summed E-state index contributed by atoms with van der Waals surface area (Å²) >= 11 is 0.